The lowest BCUT2D eigenvalue weighted by atomic mass is 10.1. The van der Waals surface area contributed by atoms with Crippen LogP contribution >= 0.6 is 24.0 Å². The minimum absolute atomic E-state index is 0. The van der Waals surface area contributed by atoms with Gasteiger partial charge in [-0.3, -0.25) is 4.79 Å². The average molecular weight is 550 g/mol. The van der Waals surface area contributed by atoms with E-state index in [2.05, 4.69) is 54.1 Å². The third-order valence-electron chi connectivity index (χ3n) is 5.19. The monoisotopic (exact) mass is 550 g/mol. The number of aliphatic imine (C=N–C) groups is 1. The number of halogens is 1. The van der Waals surface area contributed by atoms with Gasteiger partial charge in [-0.15, -0.1) is 24.0 Å². The van der Waals surface area contributed by atoms with Gasteiger partial charge in [-0.1, -0.05) is 43.3 Å². The molecule has 1 fully saturated rings. The van der Waals surface area contributed by atoms with Crippen LogP contribution in [0.3, 0.4) is 0 Å². The Morgan fingerprint density at radius 2 is 1.75 bits per heavy atom. The van der Waals surface area contributed by atoms with Crippen molar-refractivity contribution >= 4 is 35.8 Å². The second-order valence-electron chi connectivity index (χ2n) is 7.77. The first-order valence-corrected chi connectivity index (χ1v) is 11.3. The van der Waals surface area contributed by atoms with E-state index in [1.165, 1.54) is 16.7 Å². The molecule has 0 radical (unpaired) electrons. The number of guanidine groups is 1. The molecular weight excluding hydrogens is 515 g/mol. The van der Waals surface area contributed by atoms with Crippen molar-refractivity contribution < 1.29 is 9.53 Å². The van der Waals surface area contributed by atoms with Crippen LogP contribution in [-0.4, -0.2) is 37.6 Å². The quantitative estimate of drug-likeness (QED) is 0.226. The number of carbonyl (C=O) groups excluding carboxylic acids is 1. The highest BCUT2D eigenvalue weighted by Gasteiger charge is 2.23. The van der Waals surface area contributed by atoms with E-state index in [0.717, 1.165) is 44.7 Å². The van der Waals surface area contributed by atoms with Crippen molar-refractivity contribution in [3.8, 4) is 5.75 Å². The first-order valence-electron chi connectivity index (χ1n) is 11.3. The molecule has 0 aromatic heterocycles. The van der Waals surface area contributed by atoms with Crippen LogP contribution in [0.2, 0.25) is 0 Å². The van der Waals surface area contributed by atoms with Gasteiger partial charge >= 0.3 is 0 Å². The minimum Gasteiger partial charge on any atom is -0.484 e. The van der Waals surface area contributed by atoms with Gasteiger partial charge in [0.05, 0.1) is 6.54 Å². The van der Waals surface area contributed by atoms with Crippen molar-refractivity contribution in [2.75, 3.05) is 19.7 Å². The third-order valence-corrected chi connectivity index (χ3v) is 5.19. The number of rotatable bonds is 11. The maximum absolute atomic E-state index is 11.7. The zero-order chi connectivity index (χ0) is 21.9. The molecule has 2 aromatic rings. The topological polar surface area (TPSA) is 74.8 Å². The third kappa shape index (κ3) is 9.06. The minimum atomic E-state index is -0.0485. The van der Waals surface area contributed by atoms with Gasteiger partial charge in [0.1, 0.15) is 5.75 Å². The lowest BCUT2D eigenvalue weighted by molar-refractivity contribution is -0.123. The van der Waals surface area contributed by atoms with Gasteiger partial charge in [-0.25, -0.2) is 4.99 Å². The van der Waals surface area contributed by atoms with Gasteiger partial charge in [0, 0.05) is 19.1 Å². The SMILES string of the molecule is CCNC(=NCc1ccccc1CC)NCCc1ccc(OCC(=O)NC2CC2)cc1.I. The van der Waals surface area contributed by atoms with E-state index in [-0.39, 0.29) is 36.5 Å². The summed E-state index contributed by atoms with van der Waals surface area (Å²) in [4.78, 5) is 16.5. The predicted molar refractivity (Wildman–Crippen MR) is 141 cm³/mol. The molecule has 2 aromatic carbocycles. The summed E-state index contributed by atoms with van der Waals surface area (Å²) in [6, 6.07) is 16.7. The van der Waals surface area contributed by atoms with Crippen molar-refractivity contribution in [1.82, 2.24) is 16.0 Å². The average Bonchev–Trinajstić information content (AvgIpc) is 3.61. The van der Waals surface area contributed by atoms with Gasteiger partial charge < -0.3 is 20.7 Å². The molecular formula is C25H35IN4O2. The summed E-state index contributed by atoms with van der Waals surface area (Å²) in [5.74, 6) is 1.50. The largest absolute Gasteiger partial charge is 0.484 e. The molecule has 1 saturated carbocycles. The molecule has 0 spiro atoms. The molecule has 174 valence electrons. The van der Waals surface area contributed by atoms with E-state index >= 15 is 0 Å². The van der Waals surface area contributed by atoms with Gasteiger partial charge in [-0.2, -0.15) is 0 Å². The summed E-state index contributed by atoms with van der Waals surface area (Å²) in [5, 5.41) is 9.64. The van der Waals surface area contributed by atoms with Crippen LogP contribution in [0.4, 0.5) is 0 Å². The highest BCUT2D eigenvalue weighted by atomic mass is 127. The Morgan fingerprint density at radius 3 is 2.41 bits per heavy atom. The Bertz CT molecular complexity index is 867. The van der Waals surface area contributed by atoms with Crippen LogP contribution < -0.4 is 20.7 Å². The molecule has 1 aliphatic rings. The first-order chi connectivity index (χ1) is 15.2. The number of aryl methyl sites for hydroxylation is 1. The van der Waals surface area contributed by atoms with Crippen LogP contribution in [0.25, 0.3) is 0 Å². The van der Waals surface area contributed by atoms with Crippen molar-refractivity contribution in [2.24, 2.45) is 4.99 Å². The molecule has 0 atom stereocenters. The lowest BCUT2D eigenvalue weighted by Crippen LogP contribution is -2.38. The van der Waals surface area contributed by atoms with Crippen LogP contribution in [0, 0.1) is 0 Å². The second kappa shape index (κ2) is 14.0. The van der Waals surface area contributed by atoms with E-state index in [9.17, 15) is 4.79 Å². The Hall–Kier alpha value is -2.29. The van der Waals surface area contributed by atoms with E-state index in [4.69, 9.17) is 9.73 Å². The summed E-state index contributed by atoms with van der Waals surface area (Å²) < 4.78 is 5.56. The maximum Gasteiger partial charge on any atom is 0.258 e. The molecule has 0 heterocycles. The number of nitrogens with one attached hydrogen (secondary N) is 3. The molecule has 32 heavy (non-hydrogen) atoms. The molecule has 1 amide bonds. The molecule has 0 unspecified atom stereocenters. The Labute approximate surface area is 208 Å². The molecule has 7 heteroatoms. The predicted octanol–water partition coefficient (Wildman–Crippen LogP) is 3.82. The van der Waals surface area contributed by atoms with Crippen molar-refractivity contribution in [3.05, 3.63) is 65.2 Å². The zero-order valence-electron chi connectivity index (χ0n) is 19.0. The highest BCUT2D eigenvalue weighted by molar-refractivity contribution is 14.0. The van der Waals surface area contributed by atoms with Crippen LogP contribution in [-0.2, 0) is 24.2 Å². The zero-order valence-corrected chi connectivity index (χ0v) is 21.4. The van der Waals surface area contributed by atoms with Crippen molar-refractivity contribution in [3.63, 3.8) is 0 Å². The number of nitrogens with zero attached hydrogens (tertiary/aromatic N) is 1. The molecule has 0 bridgehead atoms. The summed E-state index contributed by atoms with van der Waals surface area (Å²) in [5.41, 5.74) is 3.81. The number of benzene rings is 2. The normalized spacial score (nSPS) is 13.1. The molecule has 3 N–H and O–H groups in total. The van der Waals surface area contributed by atoms with Gasteiger partial charge in [-0.05, 0) is 61.4 Å². The number of ether oxygens (including phenoxy) is 1. The fraction of sp³-hybridized carbons (Fsp3) is 0.440. The van der Waals surface area contributed by atoms with Gasteiger partial charge in [0.2, 0.25) is 0 Å². The summed E-state index contributed by atoms with van der Waals surface area (Å²) in [7, 11) is 0. The molecule has 6 nitrogen and oxygen atoms in total. The van der Waals surface area contributed by atoms with E-state index in [1.54, 1.807) is 0 Å². The summed E-state index contributed by atoms with van der Waals surface area (Å²) in [6.07, 6.45) is 4.06. The maximum atomic E-state index is 11.7. The van der Waals surface area contributed by atoms with Crippen LogP contribution in [0.15, 0.2) is 53.5 Å². The van der Waals surface area contributed by atoms with E-state index < -0.39 is 0 Å². The standard InChI is InChI=1S/C25H34N4O2.HI/c1-3-20-7-5-6-8-21(20)17-28-25(26-4-2)27-16-15-19-9-13-23(14-10-19)31-18-24(30)29-22-11-12-22;/h5-10,13-14,22H,3-4,11-12,15-18H2,1-2H3,(H,29,30)(H2,26,27,28);1H. The van der Waals surface area contributed by atoms with E-state index in [0.29, 0.717) is 18.3 Å². The highest BCUT2D eigenvalue weighted by Crippen LogP contribution is 2.18. The second-order valence-corrected chi connectivity index (χ2v) is 7.77. The lowest BCUT2D eigenvalue weighted by Gasteiger charge is -2.12. The fourth-order valence-corrected chi connectivity index (χ4v) is 3.29. The van der Waals surface area contributed by atoms with Gasteiger partial charge in [0.15, 0.2) is 12.6 Å². The molecule has 1 aliphatic carbocycles. The van der Waals surface area contributed by atoms with E-state index in [1.807, 2.05) is 24.3 Å². The summed E-state index contributed by atoms with van der Waals surface area (Å²) in [6.45, 7) is 6.58. The Morgan fingerprint density at radius 1 is 1.03 bits per heavy atom. The smallest absolute Gasteiger partial charge is 0.258 e. The van der Waals surface area contributed by atoms with Crippen LogP contribution in [0.1, 0.15) is 43.4 Å². The van der Waals surface area contributed by atoms with Crippen LogP contribution in [0.5, 0.6) is 5.75 Å². The molecule has 0 aliphatic heterocycles. The number of amides is 1. The summed E-state index contributed by atoms with van der Waals surface area (Å²) >= 11 is 0. The Balaban J connectivity index is 0.00000363. The number of hydrogen-bond donors (Lipinski definition) is 3. The Kier molecular flexibility index (Phi) is 11.3. The first kappa shape index (κ1) is 26.0. The number of hydrogen-bond acceptors (Lipinski definition) is 3. The van der Waals surface area contributed by atoms with Crippen molar-refractivity contribution in [2.45, 2.75) is 52.1 Å². The molecule has 0 saturated heterocycles. The van der Waals surface area contributed by atoms with Gasteiger partial charge in [0.25, 0.3) is 5.91 Å². The number of carbonyl (C=O) groups is 1. The van der Waals surface area contributed by atoms with Crippen molar-refractivity contribution in [1.29, 1.82) is 0 Å². The molecule has 3 rings (SSSR count). The fourth-order valence-electron chi connectivity index (χ4n) is 3.29.